The number of aromatic nitrogens is 3. The van der Waals surface area contributed by atoms with Gasteiger partial charge in [-0.3, -0.25) is 0 Å². The van der Waals surface area contributed by atoms with Crippen molar-refractivity contribution in [1.29, 1.82) is 5.26 Å². The smallest absolute Gasteiger partial charge is 0.185 e. The molecule has 114 valence electrons. The van der Waals surface area contributed by atoms with Gasteiger partial charge in [0, 0.05) is 31.1 Å². The van der Waals surface area contributed by atoms with Crippen LogP contribution in [0.1, 0.15) is 30.1 Å². The van der Waals surface area contributed by atoms with Gasteiger partial charge in [0.05, 0.1) is 5.69 Å². The molecule has 1 aliphatic heterocycles. The molecule has 0 atom stereocenters. The highest BCUT2D eigenvalue weighted by Gasteiger charge is 2.27. The Bertz CT molecular complexity index is 729. The van der Waals surface area contributed by atoms with E-state index < -0.39 is 17.5 Å². The fraction of sp³-hybridized carbons (Fsp3) is 0.357. The lowest BCUT2D eigenvalue weighted by Crippen LogP contribution is -2.34. The topological polar surface area (TPSA) is 68.6 Å². The van der Waals surface area contributed by atoms with Gasteiger partial charge >= 0.3 is 0 Å². The van der Waals surface area contributed by atoms with Crippen LogP contribution in [0.15, 0.2) is 12.1 Å². The third-order valence-corrected chi connectivity index (χ3v) is 3.89. The van der Waals surface area contributed by atoms with Crippen molar-refractivity contribution < 1.29 is 13.2 Å². The lowest BCUT2D eigenvalue weighted by molar-refractivity contribution is 0.474. The number of aromatic amines is 1. The van der Waals surface area contributed by atoms with Crippen LogP contribution in [0.2, 0.25) is 0 Å². The van der Waals surface area contributed by atoms with Gasteiger partial charge in [0.25, 0.3) is 0 Å². The van der Waals surface area contributed by atoms with Crippen molar-refractivity contribution in [3.05, 3.63) is 41.0 Å². The molecule has 1 aromatic heterocycles. The molecule has 0 radical (unpaired) electrons. The summed E-state index contributed by atoms with van der Waals surface area (Å²) in [5.41, 5.74) is 0.920. The summed E-state index contributed by atoms with van der Waals surface area (Å²) in [5, 5.41) is 19.1. The summed E-state index contributed by atoms with van der Waals surface area (Å²) in [6, 6.07) is 3.40. The molecule has 0 spiro atoms. The van der Waals surface area contributed by atoms with E-state index in [0.29, 0.717) is 37.7 Å². The van der Waals surface area contributed by atoms with E-state index in [1.807, 2.05) is 6.07 Å². The Morgan fingerprint density at radius 3 is 2.45 bits per heavy atom. The summed E-state index contributed by atoms with van der Waals surface area (Å²) in [6.45, 7) is 0.925. The molecule has 1 saturated heterocycles. The molecule has 8 heteroatoms. The van der Waals surface area contributed by atoms with Crippen molar-refractivity contribution in [2.75, 3.05) is 18.0 Å². The van der Waals surface area contributed by atoms with Crippen molar-refractivity contribution >= 4 is 5.69 Å². The molecule has 1 N–H and O–H groups in total. The van der Waals surface area contributed by atoms with Crippen LogP contribution in [0.25, 0.3) is 0 Å². The van der Waals surface area contributed by atoms with Gasteiger partial charge in [-0.15, -0.1) is 5.10 Å². The van der Waals surface area contributed by atoms with Crippen molar-refractivity contribution in [2.45, 2.75) is 18.8 Å². The predicted molar refractivity (Wildman–Crippen MR) is 71.6 cm³/mol. The predicted octanol–water partition coefficient (Wildman–Crippen LogP) is 2.48. The molecule has 2 heterocycles. The molecular formula is C14H12F3N5. The van der Waals surface area contributed by atoms with Gasteiger partial charge in [-0.25, -0.2) is 13.2 Å². The summed E-state index contributed by atoms with van der Waals surface area (Å²) in [5.74, 6) is -3.01. The Hall–Kier alpha value is -2.56. The van der Waals surface area contributed by atoms with Crippen LogP contribution in [0, 0.1) is 28.8 Å². The first-order chi connectivity index (χ1) is 10.6. The van der Waals surface area contributed by atoms with Crippen LogP contribution in [-0.4, -0.2) is 28.5 Å². The van der Waals surface area contributed by atoms with Crippen LogP contribution >= 0.6 is 0 Å². The van der Waals surface area contributed by atoms with E-state index >= 15 is 0 Å². The van der Waals surface area contributed by atoms with Gasteiger partial charge in [-0.1, -0.05) is 0 Å². The number of piperidine rings is 1. The average Bonchev–Trinajstić information content (AvgIpc) is 3.00. The molecule has 0 saturated carbocycles. The summed E-state index contributed by atoms with van der Waals surface area (Å²) < 4.78 is 40.0. The maximum absolute atomic E-state index is 13.8. The van der Waals surface area contributed by atoms with E-state index in [1.54, 1.807) is 4.90 Å². The maximum Gasteiger partial charge on any atom is 0.185 e. The number of benzene rings is 1. The Labute approximate surface area is 124 Å². The normalized spacial score (nSPS) is 15.8. The number of hydrogen-bond donors (Lipinski definition) is 1. The minimum absolute atomic E-state index is 0.0398. The quantitative estimate of drug-likeness (QED) is 0.865. The van der Waals surface area contributed by atoms with Crippen molar-refractivity contribution in [2.24, 2.45) is 0 Å². The lowest BCUT2D eigenvalue weighted by Gasteiger charge is -2.33. The van der Waals surface area contributed by atoms with Gasteiger partial charge in [-0.05, 0) is 12.8 Å². The van der Waals surface area contributed by atoms with Gasteiger partial charge in [0.2, 0.25) is 0 Å². The number of hydrogen-bond acceptors (Lipinski definition) is 4. The SMILES string of the molecule is N#Cc1n[nH]nc1C1CCN(c2cc(F)c(F)cc2F)CC1. The number of anilines is 1. The molecule has 2 aromatic rings. The van der Waals surface area contributed by atoms with E-state index in [4.69, 9.17) is 5.26 Å². The Balaban J connectivity index is 1.75. The second kappa shape index (κ2) is 5.67. The fourth-order valence-corrected chi connectivity index (χ4v) is 2.75. The molecule has 22 heavy (non-hydrogen) atoms. The summed E-state index contributed by atoms with van der Waals surface area (Å²) in [7, 11) is 0. The van der Waals surface area contributed by atoms with E-state index in [-0.39, 0.29) is 17.3 Å². The third-order valence-electron chi connectivity index (χ3n) is 3.89. The minimum atomic E-state index is -1.20. The molecular weight excluding hydrogens is 295 g/mol. The molecule has 0 unspecified atom stereocenters. The third kappa shape index (κ3) is 2.50. The molecule has 1 aromatic carbocycles. The van der Waals surface area contributed by atoms with E-state index in [9.17, 15) is 13.2 Å². The summed E-state index contributed by atoms with van der Waals surface area (Å²) in [4.78, 5) is 1.67. The molecule has 5 nitrogen and oxygen atoms in total. The number of halogens is 3. The van der Waals surface area contributed by atoms with E-state index in [2.05, 4.69) is 15.4 Å². The summed E-state index contributed by atoms with van der Waals surface area (Å²) in [6.07, 6.45) is 1.25. The lowest BCUT2D eigenvalue weighted by atomic mass is 9.92. The van der Waals surface area contributed by atoms with Gasteiger partial charge in [0.1, 0.15) is 17.6 Å². The first-order valence-corrected chi connectivity index (χ1v) is 6.80. The number of rotatable bonds is 2. The minimum Gasteiger partial charge on any atom is -0.369 e. The highest BCUT2D eigenvalue weighted by Crippen LogP contribution is 2.32. The second-order valence-corrected chi connectivity index (χ2v) is 5.15. The van der Waals surface area contributed by atoms with Gasteiger partial charge in [-0.2, -0.15) is 15.6 Å². The van der Waals surface area contributed by atoms with Crippen LogP contribution in [0.4, 0.5) is 18.9 Å². The molecule has 1 fully saturated rings. The van der Waals surface area contributed by atoms with Crippen molar-refractivity contribution in [1.82, 2.24) is 15.4 Å². The molecule has 0 aliphatic carbocycles. The standard InChI is InChI=1S/C14H12F3N5/c15-9-5-11(17)13(6-10(9)16)22-3-1-8(2-4-22)14-12(7-18)19-21-20-14/h5-6,8H,1-4H2,(H,19,20,21). The first-order valence-electron chi connectivity index (χ1n) is 6.80. The van der Waals surface area contributed by atoms with Crippen molar-refractivity contribution in [3.8, 4) is 6.07 Å². The average molecular weight is 307 g/mol. The number of nitrogens with one attached hydrogen (secondary N) is 1. The molecule has 3 rings (SSSR count). The van der Waals surface area contributed by atoms with Crippen LogP contribution in [-0.2, 0) is 0 Å². The maximum atomic E-state index is 13.8. The Kier molecular flexibility index (Phi) is 3.71. The van der Waals surface area contributed by atoms with Crippen molar-refractivity contribution in [3.63, 3.8) is 0 Å². The number of H-pyrrole nitrogens is 1. The second-order valence-electron chi connectivity index (χ2n) is 5.15. The van der Waals surface area contributed by atoms with Gasteiger partial charge < -0.3 is 4.90 Å². The summed E-state index contributed by atoms with van der Waals surface area (Å²) >= 11 is 0. The van der Waals surface area contributed by atoms with Crippen LogP contribution in [0.5, 0.6) is 0 Å². The Morgan fingerprint density at radius 2 is 1.77 bits per heavy atom. The largest absolute Gasteiger partial charge is 0.369 e. The first kappa shape index (κ1) is 14.4. The zero-order valence-electron chi connectivity index (χ0n) is 11.5. The highest BCUT2D eigenvalue weighted by molar-refractivity contribution is 5.49. The zero-order chi connectivity index (χ0) is 15.7. The number of nitriles is 1. The molecule has 1 aliphatic rings. The van der Waals surface area contributed by atoms with Crippen LogP contribution in [0.3, 0.4) is 0 Å². The molecule has 0 amide bonds. The fourth-order valence-electron chi connectivity index (χ4n) is 2.75. The van der Waals surface area contributed by atoms with Gasteiger partial charge in [0.15, 0.2) is 17.3 Å². The molecule has 0 bridgehead atoms. The monoisotopic (exact) mass is 307 g/mol. The Morgan fingerprint density at radius 1 is 1.09 bits per heavy atom. The highest BCUT2D eigenvalue weighted by atomic mass is 19.2. The van der Waals surface area contributed by atoms with E-state index in [1.165, 1.54) is 0 Å². The van der Waals surface area contributed by atoms with Crippen LogP contribution < -0.4 is 4.90 Å². The number of nitrogens with zero attached hydrogens (tertiary/aromatic N) is 4. The van der Waals surface area contributed by atoms with E-state index in [0.717, 1.165) is 6.07 Å². The zero-order valence-corrected chi connectivity index (χ0v) is 11.5.